The normalized spacial score (nSPS) is 18.2. The van der Waals surface area contributed by atoms with E-state index < -0.39 is 17.4 Å². The smallest absolute Gasteiger partial charge is 0.260 e. The molecular formula is C20H19F2N5O2. The highest BCUT2D eigenvalue weighted by atomic mass is 19.1. The second kappa shape index (κ2) is 7.62. The third-order valence-electron chi connectivity index (χ3n) is 5.32. The number of halogens is 2. The molecule has 9 heteroatoms. The first-order valence-corrected chi connectivity index (χ1v) is 9.35. The lowest BCUT2D eigenvalue weighted by Crippen LogP contribution is -2.52. The summed E-state index contributed by atoms with van der Waals surface area (Å²) in [5.41, 5.74) is -1.10. The number of fused-ring (bicyclic) bond motifs is 1. The van der Waals surface area contributed by atoms with Crippen LogP contribution in [0.15, 0.2) is 30.7 Å². The fraction of sp³-hybridized carbons (Fsp3) is 0.400. The number of rotatable bonds is 2. The number of aromatic nitrogens is 2. The molecule has 2 aliphatic rings. The molecule has 29 heavy (non-hydrogen) atoms. The molecule has 0 saturated carbocycles. The van der Waals surface area contributed by atoms with Gasteiger partial charge in [0.2, 0.25) is 0 Å². The predicted octanol–water partition coefficient (Wildman–Crippen LogP) is 2.22. The van der Waals surface area contributed by atoms with Gasteiger partial charge >= 0.3 is 0 Å². The topological polar surface area (TPSA) is 82.3 Å². The Morgan fingerprint density at radius 3 is 2.69 bits per heavy atom. The maximum absolute atomic E-state index is 15.6. The van der Waals surface area contributed by atoms with Gasteiger partial charge in [-0.3, -0.25) is 9.78 Å². The Bertz CT molecular complexity index is 952. The number of piperidine rings is 1. The minimum absolute atomic E-state index is 0.0194. The van der Waals surface area contributed by atoms with Crippen LogP contribution in [-0.4, -0.2) is 52.7 Å². The molecule has 2 aromatic heterocycles. The van der Waals surface area contributed by atoms with Crippen molar-refractivity contribution < 1.29 is 18.3 Å². The van der Waals surface area contributed by atoms with E-state index in [-0.39, 0.29) is 32.5 Å². The molecule has 2 aromatic rings. The number of anilines is 1. The van der Waals surface area contributed by atoms with Crippen molar-refractivity contribution in [2.24, 2.45) is 0 Å². The average molecular weight is 399 g/mol. The number of amides is 1. The Kier molecular flexibility index (Phi) is 5.01. The Hall–Kier alpha value is -3.28. The molecule has 0 bridgehead atoms. The lowest BCUT2D eigenvalue weighted by atomic mass is 9.91. The van der Waals surface area contributed by atoms with E-state index in [1.807, 2.05) is 11.0 Å². The molecule has 0 atom stereocenters. The molecule has 0 aliphatic carbocycles. The zero-order valence-corrected chi connectivity index (χ0v) is 15.6. The number of alkyl halides is 1. The number of ether oxygens (including phenoxy) is 1. The Morgan fingerprint density at radius 1 is 1.21 bits per heavy atom. The van der Waals surface area contributed by atoms with Crippen molar-refractivity contribution in [3.63, 3.8) is 0 Å². The Morgan fingerprint density at radius 2 is 2.00 bits per heavy atom. The van der Waals surface area contributed by atoms with Gasteiger partial charge in [0.1, 0.15) is 35.6 Å². The third-order valence-corrected chi connectivity index (χ3v) is 5.32. The lowest BCUT2D eigenvalue weighted by molar-refractivity contribution is -0.146. The van der Waals surface area contributed by atoms with E-state index in [1.165, 1.54) is 23.4 Å². The largest absolute Gasteiger partial charge is 0.490 e. The van der Waals surface area contributed by atoms with Gasteiger partial charge in [-0.05, 0) is 12.1 Å². The molecule has 0 aromatic carbocycles. The maximum Gasteiger partial charge on any atom is 0.260 e. The van der Waals surface area contributed by atoms with E-state index in [2.05, 4.69) is 9.97 Å². The molecule has 0 radical (unpaired) electrons. The summed E-state index contributed by atoms with van der Waals surface area (Å²) in [6, 6.07) is 4.88. The number of nitriles is 1. The number of hydrogen-bond acceptors (Lipinski definition) is 6. The number of hydrogen-bond donors (Lipinski definition) is 0. The molecule has 2 aliphatic heterocycles. The summed E-state index contributed by atoms with van der Waals surface area (Å²) in [5, 5.41) is 9.20. The monoisotopic (exact) mass is 399 g/mol. The number of carbonyl (C=O) groups is 1. The molecule has 0 spiro atoms. The molecule has 4 rings (SSSR count). The summed E-state index contributed by atoms with van der Waals surface area (Å²) in [5.74, 6) is -0.0440. The lowest BCUT2D eigenvalue weighted by Gasteiger charge is -2.38. The second-order valence-electron chi connectivity index (χ2n) is 7.15. The highest BCUT2D eigenvalue weighted by molar-refractivity contribution is 5.85. The minimum atomic E-state index is -1.98. The van der Waals surface area contributed by atoms with Crippen LogP contribution in [0.4, 0.5) is 14.6 Å². The van der Waals surface area contributed by atoms with E-state index in [0.29, 0.717) is 35.8 Å². The first-order chi connectivity index (χ1) is 14.0. The SMILES string of the molecule is N#Cc1cncc2c1OCCN(C(=O)C1(F)CCN(c3ccc(F)cn3)CC1)C2. The van der Waals surface area contributed by atoms with Gasteiger partial charge in [-0.25, -0.2) is 13.8 Å². The van der Waals surface area contributed by atoms with Crippen LogP contribution in [0.2, 0.25) is 0 Å². The van der Waals surface area contributed by atoms with E-state index in [9.17, 15) is 14.4 Å². The minimum Gasteiger partial charge on any atom is -0.490 e. The van der Waals surface area contributed by atoms with Crippen LogP contribution in [0.1, 0.15) is 24.0 Å². The summed E-state index contributed by atoms with van der Waals surface area (Å²) < 4.78 is 34.2. The van der Waals surface area contributed by atoms with Crippen LogP contribution in [0.3, 0.4) is 0 Å². The van der Waals surface area contributed by atoms with Gasteiger partial charge in [0.15, 0.2) is 5.67 Å². The molecule has 4 heterocycles. The molecule has 150 valence electrons. The van der Waals surface area contributed by atoms with Crippen molar-refractivity contribution in [2.45, 2.75) is 25.1 Å². The van der Waals surface area contributed by atoms with E-state index in [4.69, 9.17) is 4.74 Å². The van der Waals surface area contributed by atoms with Crippen LogP contribution < -0.4 is 9.64 Å². The molecule has 1 fully saturated rings. The molecule has 0 unspecified atom stereocenters. The van der Waals surface area contributed by atoms with Crippen LogP contribution in [0.5, 0.6) is 5.75 Å². The fourth-order valence-corrected chi connectivity index (χ4v) is 3.71. The second-order valence-corrected chi connectivity index (χ2v) is 7.15. The molecule has 0 N–H and O–H groups in total. The van der Waals surface area contributed by atoms with Gasteiger partial charge < -0.3 is 14.5 Å². The molecule has 1 saturated heterocycles. The number of carbonyl (C=O) groups excluding carboxylic acids is 1. The van der Waals surface area contributed by atoms with Gasteiger partial charge in [0, 0.05) is 43.9 Å². The zero-order valence-electron chi connectivity index (χ0n) is 15.6. The first kappa shape index (κ1) is 19.1. The number of pyridine rings is 2. The summed E-state index contributed by atoms with van der Waals surface area (Å²) in [6.45, 7) is 1.17. The van der Waals surface area contributed by atoms with Crippen molar-refractivity contribution >= 4 is 11.7 Å². The van der Waals surface area contributed by atoms with E-state index in [0.717, 1.165) is 6.20 Å². The van der Waals surface area contributed by atoms with Crippen molar-refractivity contribution in [1.29, 1.82) is 5.26 Å². The van der Waals surface area contributed by atoms with E-state index in [1.54, 1.807) is 6.07 Å². The highest BCUT2D eigenvalue weighted by Gasteiger charge is 2.44. The molecular weight excluding hydrogens is 380 g/mol. The van der Waals surface area contributed by atoms with Gasteiger partial charge in [-0.1, -0.05) is 0 Å². The standard InChI is InChI=1S/C20H19F2N5O2/c21-16-1-2-17(25-12-16)26-5-3-20(22,4-6-26)19(28)27-7-8-29-18-14(9-23)10-24-11-15(18)13-27/h1-2,10-12H,3-8,13H2. The summed E-state index contributed by atoms with van der Waals surface area (Å²) in [4.78, 5) is 24.3. The predicted molar refractivity (Wildman–Crippen MR) is 99.3 cm³/mol. The summed E-state index contributed by atoms with van der Waals surface area (Å²) in [6.07, 6.45) is 4.11. The number of nitrogens with zero attached hydrogens (tertiary/aromatic N) is 5. The van der Waals surface area contributed by atoms with Crippen molar-refractivity contribution in [1.82, 2.24) is 14.9 Å². The van der Waals surface area contributed by atoms with Crippen LogP contribution in [0, 0.1) is 17.1 Å². The van der Waals surface area contributed by atoms with E-state index >= 15 is 4.39 Å². The first-order valence-electron chi connectivity index (χ1n) is 9.35. The third kappa shape index (κ3) is 3.70. The quantitative estimate of drug-likeness (QED) is 0.770. The molecule has 1 amide bonds. The average Bonchev–Trinajstić information content (AvgIpc) is 2.97. The van der Waals surface area contributed by atoms with Crippen LogP contribution in [0.25, 0.3) is 0 Å². The van der Waals surface area contributed by atoms with Crippen molar-refractivity contribution in [3.05, 3.63) is 47.7 Å². The van der Waals surface area contributed by atoms with Gasteiger partial charge in [0.25, 0.3) is 5.91 Å². The zero-order chi connectivity index (χ0) is 20.4. The summed E-state index contributed by atoms with van der Waals surface area (Å²) in [7, 11) is 0. The van der Waals surface area contributed by atoms with Gasteiger partial charge in [0.05, 0.1) is 19.3 Å². The van der Waals surface area contributed by atoms with Gasteiger partial charge in [-0.15, -0.1) is 0 Å². The Balaban J connectivity index is 1.46. The molecule has 7 nitrogen and oxygen atoms in total. The van der Waals surface area contributed by atoms with Crippen molar-refractivity contribution in [3.8, 4) is 11.8 Å². The highest BCUT2D eigenvalue weighted by Crippen LogP contribution is 2.33. The van der Waals surface area contributed by atoms with Gasteiger partial charge in [-0.2, -0.15) is 5.26 Å². The van der Waals surface area contributed by atoms with Crippen molar-refractivity contribution in [2.75, 3.05) is 31.1 Å². The van der Waals surface area contributed by atoms with Crippen LogP contribution in [-0.2, 0) is 11.3 Å². The summed E-state index contributed by atoms with van der Waals surface area (Å²) >= 11 is 0. The Labute approximate surface area is 166 Å². The fourth-order valence-electron chi connectivity index (χ4n) is 3.71. The maximum atomic E-state index is 15.6. The van der Waals surface area contributed by atoms with Crippen LogP contribution >= 0.6 is 0 Å².